The summed E-state index contributed by atoms with van der Waals surface area (Å²) in [4.78, 5) is 12.6. The smallest absolute Gasteiger partial charge is 0.311 e. The highest BCUT2D eigenvalue weighted by atomic mass is 35.5. The number of carbonyl (C=O) groups is 1. The van der Waals surface area contributed by atoms with Gasteiger partial charge in [-0.25, -0.2) is 4.39 Å². The molecule has 156 valence electrons. The molecule has 1 unspecified atom stereocenters. The second kappa shape index (κ2) is 8.85. The number of nitrogens with zero attached hydrogens (tertiary/aromatic N) is 1. The molecule has 0 N–H and O–H groups in total. The lowest BCUT2D eigenvalue weighted by Crippen LogP contribution is -2.14. The third-order valence-corrected chi connectivity index (χ3v) is 5.62. The van der Waals surface area contributed by atoms with Gasteiger partial charge in [0.05, 0.1) is 5.92 Å². The van der Waals surface area contributed by atoms with E-state index in [1.165, 1.54) is 12.1 Å². The molecule has 3 rings (SSSR count). The Bertz CT molecular complexity index is 1030. The van der Waals surface area contributed by atoms with Crippen LogP contribution in [0.25, 0.3) is 0 Å². The topological polar surface area (TPSA) is 59.3 Å². The standard InChI is InChI=1S/C22H17Cl3FNO3/c1-22(2)15(10-19(24)25)20(22)21(28)30-18(11-27)12-3-8-16(26)17(9-12)29-14-6-4-13(23)5-7-14/h3-10,15,18,20H,1-2H3/t15-,18?,20-/m0/s1. The summed E-state index contributed by atoms with van der Waals surface area (Å²) in [6, 6.07) is 12.2. The van der Waals surface area contributed by atoms with Crippen molar-refractivity contribution in [2.45, 2.75) is 20.0 Å². The third-order valence-electron chi connectivity index (χ3n) is 5.12. The highest BCUT2D eigenvalue weighted by Crippen LogP contribution is 2.60. The molecule has 0 aromatic heterocycles. The molecule has 1 fully saturated rings. The van der Waals surface area contributed by atoms with Crippen LogP contribution in [-0.4, -0.2) is 5.97 Å². The van der Waals surface area contributed by atoms with Crippen molar-refractivity contribution in [2.75, 3.05) is 0 Å². The maximum atomic E-state index is 14.2. The van der Waals surface area contributed by atoms with Crippen LogP contribution >= 0.6 is 34.8 Å². The minimum absolute atomic E-state index is 0.0720. The van der Waals surface area contributed by atoms with Crippen molar-refractivity contribution in [2.24, 2.45) is 17.3 Å². The van der Waals surface area contributed by atoms with Crippen molar-refractivity contribution >= 4 is 40.8 Å². The Morgan fingerprint density at radius 2 is 1.90 bits per heavy atom. The summed E-state index contributed by atoms with van der Waals surface area (Å²) in [5.74, 6) is -1.58. The number of ether oxygens (including phenoxy) is 2. The number of benzene rings is 2. The van der Waals surface area contributed by atoms with E-state index in [0.717, 1.165) is 6.07 Å². The maximum absolute atomic E-state index is 14.2. The van der Waals surface area contributed by atoms with Gasteiger partial charge < -0.3 is 9.47 Å². The lowest BCUT2D eigenvalue weighted by Gasteiger charge is -2.14. The van der Waals surface area contributed by atoms with E-state index in [-0.39, 0.29) is 21.7 Å². The van der Waals surface area contributed by atoms with Crippen molar-refractivity contribution < 1.29 is 18.7 Å². The Kier molecular flexibility index (Phi) is 6.62. The Hall–Kier alpha value is -2.26. The number of nitriles is 1. The van der Waals surface area contributed by atoms with Crippen LogP contribution in [0.4, 0.5) is 4.39 Å². The van der Waals surface area contributed by atoms with Gasteiger partial charge in [-0.1, -0.05) is 54.7 Å². The van der Waals surface area contributed by atoms with Crippen LogP contribution in [0.2, 0.25) is 5.02 Å². The average Bonchev–Trinajstić information content (AvgIpc) is 3.22. The Balaban J connectivity index is 1.77. The summed E-state index contributed by atoms with van der Waals surface area (Å²) < 4.78 is 25.2. The van der Waals surface area contributed by atoms with Crippen LogP contribution in [0.15, 0.2) is 53.0 Å². The van der Waals surface area contributed by atoms with E-state index in [0.29, 0.717) is 10.8 Å². The first-order valence-corrected chi connectivity index (χ1v) is 10.1. The Labute approximate surface area is 188 Å². The number of halogens is 4. The monoisotopic (exact) mass is 467 g/mol. The highest BCUT2D eigenvalue weighted by molar-refractivity contribution is 6.55. The molecular formula is C22H17Cl3FNO3. The number of carbonyl (C=O) groups excluding carboxylic acids is 1. The average molecular weight is 469 g/mol. The highest BCUT2D eigenvalue weighted by Gasteiger charge is 2.62. The molecule has 0 heterocycles. The quantitative estimate of drug-likeness (QED) is 0.429. The largest absolute Gasteiger partial charge is 0.454 e. The molecule has 0 amide bonds. The zero-order valence-corrected chi connectivity index (χ0v) is 18.3. The number of rotatable bonds is 6. The summed E-state index contributed by atoms with van der Waals surface area (Å²) in [6.07, 6.45) is 0.366. The van der Waals surface area contributed by atoms with Gasteiger partial charge in [-0.05, 0) is 53.8 Å². The van der Waals surface area contributed by atoms with Crippen LogP contribution in [0, 0.1) is 34.4 Å². The summed E-state index contributed by atoms with van der Waals surface area (Å²) >= 11 is 17.3. The fraction of sp³-hybridized carbons (Fsp3) is 0.273. The first-order chi connectivity index (χ1) is 14.1. The van der Waals surface area contributed by atoms with Crippen LogP contribution in [0.1, 0.15) is 25.5 Å². The van der Waals surface area contributed by atoms with Gasteiger partial charge in [-0.3, -0.25) is 4.79 Å². The Morgan fingerprint density at radius 3 is 2.50 bits per heavy atom. The predicted molar refractivity (Wildman–Crippen MR) is 113 cm³/mol. The van der Waals surface area contributed by atoms with E-state index in [1.807, 2.05) is 19.9 Å². The van der Waals surface area contributed by atoms with Gasteiger partial charge in [0, 0.05) is 10.6 Å². The second-order valence-electron chi connectivity index (χ2n) is 7.47. The van der Waals surface area contributed by atoms with Crippen LogP contribution in [0.3, 0.4) is 0 Å². The maximum Gasteiger partial charge on any atom is 0.311 e. The molecule has 0 saturated heterocycles. The summed E-state index contributed by atoms with van der Waals surface area (Å²) in [5.41, 5.74) is -0.102. The molecular weight excluding hydrogens is 452 g/mol. The van der Waals surface area contributed by atoms with Crippen molar-refractivity contribution in [3.63, 3.8) is 0 Å². The van der Waals surface area contributed by atoms with Crippen molar-refractivity contribution in [1.82, 2.24) is 0 Å². The fourth-order valence-corrected chi connectivity index (χ4v) is 3.72. The summed E-state index contributed by atoms with van der Waals surface area (Å²) in [5, 5.41) is 10.0. The van der Waals surface area contributed by atoms with Gasteiger partial charge in [0.25, 0.3) is 0 Å². The molecule has 0 bridgehead atoms. The molecule has 30 heavy (non-hydrogen) atoms. The van der Waals surface area contributed by atoms with E-state index >= 15 is 0 Å². The van der Waals surface area contributed by atoms with E-state index < -0.39 is 29.2 Å². The van der Waals surface area contributed by atoms with E-state index in [2.05, 4.69) is 0 Å². The van der Waals surface area contributed by atoms with Gasteiger partial charge in [-0.15, -0.1) is 0 Å². The van der Waals surface area contributed by atoms with Crippen LogP contribution in [0.5, 0.6) is 11.5 Å². The lowest BCUT2D eigenvalue weighted by molar-refractivity contribution is -0.149. The number of allylic oxidation sites excluding steroid dienone is 1. The normalized spacial score (nSPS) is 19.9. The van der Waals surface area contributed by atoms with E-state index in [4.69, 9.17) is 44.3 Å². The molecule has 0 aliphatic heterocycles. The number of hydrogen-bond donors (Lipinski definition) is 0. The van der Waals surface area contributed by atoms with Gasteiger partial charge in [-0.2, -0.15) is 5.26 Å². The lowest BCUT2D eigenvalue weighted by atomic mass is 10.1. The molecule has 1 saturated carbocycles. The second-order valence-corrected chi connectivity index (χ2v) is 8.92. The molecule has 4 nitrogen and oxygen atoms in total. The number of esters is 1. The molecule has 8 heteroatoms. The Morgan fingerprint density at radius 1 is 1.23 bits per heavy atom. The van der Waals surface area contributed by atoms with Gasteiger partial charge >= 0.3 is 5.97 Å². The molecule has 2 aromatic rings. The molecule has 3 atom stereocenters. The van der Waals surface area contributed by atoms with Crippen LogP contribution < -0.4 is 4.74 Å². The van der Waals surface area contributed by atoms with Gasteiger partial charge in [0.15, 0.2) is 11.6 Å². The first-order valence-electron chi connectivity index (χ1n) is 8.99. The van der Waals surface area contributed by atoms with E-state index in [9.17, 15) is 14.4 Å². The predicted octanol–water partition coefficient (Wildman–Crippen LogP) is 6.97. The fourth-order valence-electron chi connectivity index (χ4n) is 3.32. The van der Waals surface area contributed by atoms with Gasteiger partial charge in [0.1, 0.15) is 16.3 Å². The zero-order chi connectivity index (χ0) is 22.1. The summed E-state index contributed by atoms with van der Waals surface area (Å²) in [7, 11) is 0. The molecule has 0 spiro atoms. The number of hydrogen-bond acceptors (Lipinski definition) is 4. The molecule has 1 aliphatic carbocycles. The van der Waals surface area contributed by atoms with E-state index in [1.54, 1.807) is 30.3 Å². The molecule has 2 aromatic carbocycles. The van der Waals surface area contributed by atoms with Crippen molar-refractivity contribution in [3.05, 3.63) is 69.4 Å². The third kappa shape index (κ3) is 4.89. The van der Waals surface area contributed by atoms with Gasteiger partial charge in [0.2, 0.25) is 6.10 Å². The van der Waals surface area contributed by atoms with Crippen LogP contribution in [-0.2, 0) is 9.53 Å². The molecule has 0 radical (unpaired) electrons. The minimum Gasteiger partial charge on any atom is -0.454 e. The van der Waals surface area contributed by atoms with Crippen molar-refractivity contribution in [1.29, 1.82) is 5.26 Å². The SMILES string of the molecule is CC1(C)[C@H](C(=O)OC(C#N)c2ccc(F)c(Oc3ccc(Cl)cc3)c2)[C@@H]1C=C(Cl)Cl. The minimum atomic E-state index is -1.22. The molecule has 1 aliphatic rings. The zero-order valence-electron chi connectivity index (χ0n) is 16.0. The first kappa shape index (κ1) is 22.4. The summed E-state index contributed by atoms with van der Waals surface area (Å²) in [6.45, 7) is 3.77. The van der Waals surface area contributed by atoms with Crippen molar-refractivity contribution in [3.8, 4) is 17.6 Å².